The second kappa shape index (κ2) is 10.5. The van der Waals surface area contributed by atoms with E-state index in [1.54, 1.807) is 25.4 Å². The van der Waals surface area contributed by atoms with Gasteiger partial charge in [-0.2, -0.15) is 0 Å². The largest absolute Gasteiger partial charge is 0.488 e. The number of ether oxygens (including phenoxy) is 2. The summed E-state index contributed by atoms with van der Waals surface area (Å²) >= 11 is 6.05. The molecule has 0 aliphatic heterocycles. The number of benzene rings is 2. The van der Waals surface area contributed by atoms with E-state index in [-0.39, 0.29) is 12.0 Å². The van der Waals surface area contributed by atoms with Crippen LogP contribution in [-0.4, -0.2) is 35.7 Å². The Kier molecular flexibility index (Phi) is 7.54. The maximum Gasteiger partial charge on any atom is 0.257 e. The number of anilines is 1. The first-order chi connectivity index (χ1) is 14.5. The van der Waals surface area contributed by atoms with Crippen molar-refractivity contribution < 1.29 is 14.3 Å². The van der Waals surface area contributed by atoms with Crippen LogP contribution < -0.4 is 10.1 Å². The molecule has 30 heavy (non-hydrogen) atoms. The zero-order valence-electron chi connectivity index (χ0n) is 16.7. The third-order valence-corrected chi connectivity index (χ3v) is 4.29. The average molecular weight is 424 g/mol. The summed E-state index contributed by atoms with van der Waals surface area (Å²) in [5, 5.41) is 3.40. The summed E-state index contributed by atoms with van der Waals surface area (Å²) in [6.07, 6.45) is 8.20. The van der Waals surface area contributed by atoms with Gasteiger partial charge in [0.25, 0.3) is 5.91 Å². The summed E-state index contributed by atoms with van der Waals surface area (Å²) in [4.78, 5) is 20.8. The molecular weight excluding hydrogens is 402 g/mol. The van der Waals surface area contributed by atoms with Crippen molar-refractivity contribution in [1.29, 1.82) is 0 Å². The monoisotopic (exact) mass is 423 g/mol. The van der Waals surface area contributed by atoms with E-state index in [1.165, 1.54) is 12.4 Å². The number of amides is 1. The summed E-state index contributed by atoms with van der Waals surface area (Å²) < 4.78 is 11.1. The van der Waals surface area contributed by atoms with E-state index in [0.29, 0.717) is 28.8 Å². The second-order valence-electron chi connectivity index (χ2n) is 6.61. The van der Waals surface area contributed by atoms with Crippen molar-refractivity contribution in [3.05, 3.63) is 82.8 Å². The van der Waals surface area contributed by atoms with Crippen LogP contribution in [0.5, 0.6) is 5.75 Å². The fraction of sp³-hybridized carbons (Fsp3) is 0.174. The SMILES string of the molecule is COC[C@H](C)Oc1cc(/C=C/c2cccc(Cl)c2)cc(C(=O)Nc2cnccn2)c1. The minimum Gasteiger partial charge on any atom is -0.488 e. The number of nitrogens with zero attached hydrogens (tertiary/aromatic N) is 2. The van der Waals surface area contributed by atoms with Gasteiger partial charge in [-0.3, -0.25) is 9.78 Å². The molecule has 0 aliphatic carbocycles. The molecule has 2 aromatic carbocycles. The first kappa shape index (κ1) is 21.5. The number of hydrogen-bond acceptors (Lipinski definition) is 5. The van der Waals surface area contributed by atoms with Gasteiger partial charge >= 0.3 is 0 Å². The molecule has 0 fully saturated rings. The minimum absolute atomic E-state index is 0.168. The molecule has 1 amide bonds. The van der Waals surface area contributed by atoms with Gasteiger partial charge in [-0.25, -0.2) is 4.98 Å². The van der Waals surface area contributed by atoms with Crippen molar-refractivity contribution in [3.63, 3.8) is 0 Å². The molecule has 1 aromatic heterocycles. The molecule has 154 valence electrons. The number of halogens is 1. The average Bonchev–Trinajstić information content (AvgIpc) is 2.73. The fourth-order valence-electron chi connectivity index (χ4n) is 2.77. The van der Waals surface area contributed by atoms with Gasteiger partial charge in [0.2, 0.25) is 0 Å². The van der Waals surface area contributed by atoms with E-state index in [9.17, 15) is 4.79 Å². The van der Waals surface area contributed by atoms with Gasteiger partial charge in [0.05, 0.1) is 12.8 Å². The topological polar surface area (TPSA) is 73.3 Å². The molecule has 0 saturated heterocycles. The van der Waals surface area contributed by atoms with Gasteiger partial charge in [0, 0.05) is 30.1 Å². The lowest BCUT2D eigenvalue weighted by Crippen LogP contribution is -2.19. The Morgan fingerprint density at radius 3 is 2.73 bits per heavy atom. The van der Waals surface area contributed by atoms with E-state index >= 15 is 0 Å². The molecule has 0 aliphatic rings. The zero-order chi connectivity index (χ0) is 21.3. The van der Waals surface area contributed by atoms with Crippen molar-refractivity contribution >= 4 is 35.5 Å². The quantitative estimate of drug-likeness (QED) is 0.518. The summed E-state index contributed by atoms with van der Waals surface area (Å²) in [5.41, 5.74) is 2.20. The second-order valence-corrected chi connectivity index (χ2v) is 7.04. The first-order valence-corrected chi connectivity index (χ1v) is 9.73. The molecule has 1 atom stereocenters. The maximum atomic E-state index is 12.7. The van der Waals surface area contributed by atoms with Crippen LogP contribution in [0.15, 0.2) is 61.1 Å². The number of hydrogen-bond donors (Lipinski definition) is 1. The molecule has 1 N–H and O–H groups in total. The third kappa shape index (κ3) is 6.40. The van der Waals surface area contributed by atoms with Crippen molar-refractivity contribution in [2.45, 2.75) is 13.0 Å². The smallest absolute Gasteiger partial charge is 0.257 e. The number of nitrogens with one attached hydrogen (secondary N) is 1. The Morgan fingerprint density at radius 2 is 2.00 bits per heavy atom. The Labute approximate surface area is 180 Å². The minimum atomic E-state index is -0.308. The zero-order valence-corrected chi connectivity index (χ0v) is 17.5. The molecule has 0 spiro atoms. The predicted molar refractivity (Wildman–Crippen MR) is 119 cm³/mol. The van der Waals surface area contributed by atoms with Gasteiger partial charge in [-0.05, 0) is 48.4 Å². The molecule has 0 unspecified atom stereocenters. The number of methoxy groups -OCH3 is 1. The molecule has 0 radical (unpaired) electrons. The van der Waals surface area contributed by atoms with Crippen LogP contribution in [0.2, 0.25) is 5.02 Å². The van der Waals surface area contributed by atoms with E-state index in [4.69, 9.17) is 21.1 Å². The highest BCUT2D eigenvalue weighted by Gasteiger charge is 2.12. The van der Waals surface area contributed by atoms with Gasteiger partial charge in [0.1, 0.15) is 11.9 Å². The fourth-order valence-corrected chi connectivity index (χ4v) is 2.97. The highest BCUT2D eigenvalue weighted by molar-refractivity contribution is 6.30. The van der Waals surface area contributed by atoms with Crippen molar-refractivity contribution in [3.8, 4) is 5.75 Å². The Bertz CT molecular complexity index is 1030. The maximum absolute atomic E-state index is 12.7. The van der Waals surface area contributed by atoms with Gasteiger partial charge < -0.3 is 14.8 Å². The lowest BCUT2D eigenvalue weighted by atomic mass is 10.1. The summed E-state index contributed by atoms with van der Waals surface area (Å²) in [5.74, 6) is 0.632. The molecule has 0 saturated carbocycles. The van der Waals surface area contributed by atoms with Crippen LogP contribution in [0.3, 0.4) is 0 Å². The van der Waals surface area contributed by atoms with E-state index in [1.807, 2.05) is 49.4 Å². The van der Waals surface area contributed by atoms with Crippen LogP contribution in [0.4, 0.5) is 5.82 Å². The molecule has 3 rings (SSSR count). The molecule has 7 heteroatoms. The number of aromatic nitrogens is 2. The molecule has 1 heterocycles. The Balaban J connectivity index is 1.88. The van der Waals surface area contributed by atoms with Crippen molar-refractivity contribution in [2.75, 3.05) is 19.0 Å². The Hall–Kier alpha value is -3.22. The third-order valence-electron chi connectivity index (χ3n) is 4.05. The number of rotatable bonds is 8. The standard InChI is InChI=1S/C23H22ClN3O3/c1-16(15-29-2)30-21-12-18(7-6-17-4-3-5-20(24)11-17)10-19(13-21)23(28)27-22-14-25-8-9-26-22/h3-14,16H,15H2,1-2H3,(H,26,27,28)/b7-6+/t16-/m0/s1. The normalized spacial score (nSPS) is 12.0. The lowest BCUT2D eigenvalue weighted by molar-refractivity contribution is 0.0917. The Morgan fingerprint density at radius 1 is 1.17 bits per heavy atom. The van der Waals surface area contributed by atoms with Crippen LogP contribution in [0.1, 0.15) is 28.4 Å². The number of carbonyl (C=O) groups excluding carboxylic acids is 1. The van der Waals surface area contributed by atoms with E-state index in [0.717, 1.165) is 11.1 Å². The summed E-state index contributed by atoms with van der Waals surface area (Å²) in [6, 6.07) is 12.8. The highest BCUT2D eigenvalue weighted by Crippen LogP contribution is 2.22. The van der Waals surface area contributed by atoms with Gasteiger partial charge in [-0.1, -0.05) is 35.9 Å². The first-order valence-electron chi connectivity index (χ1n) is 9.35. The van der Waals surface area contributed by atoms with Crippen LogP contribution in [0.25, 0.3) is 12.2 Å². The molecule has 0 bridgehead atoms. The highest BCUT2D eigenvalue weighted by atomic mass is 35.5. The van der Waals surface area contributed by atoms with Gasteiger partial charge in [0.15, 0.2) is 5.82 Å². The van der Waals surface area contributed by atoms with E-state index < -0.39 is 0 Å². The van der Waals surface area contributed by atoms with Crippen LogP contribution in [0, 0.1) is 0 Å². The molecular formula is C23H22ClN3O3. The van der Waals surface area contributed by atoms with Crippen molar-refractivity contribution in [1.82, 2.24) is 9.97 Å². The van der Waals surface area contributed by atoms with Crippen LogP contribution in [-0.2, 0) is 4.74 Å². The summed E-state index contributed by atoms with van der Waals surface area (Å²) in [6.45, 7) is 2.33. The predicted octanol–water partition coefficient (Wildman–Crippen LogP) is 4.97. The number of carbonyl (C=O) groups is 1. The van der Waals surface area contributed by atoms with Crippen molar-refractivity contribution in [2.24, 2.45) is 0 Å². The molecule has 3 aromatic rings. The lowest BCUT2D eigenvalue weighted by Gasteiger charge is -2.15. The van der Waals surface area contributed by atoms with E-state index in [2.05, 4.69) is 15.3 Å². The van der Waals surface area contributed by atoms with Crippen LogP contribution >= 0.6 is 11.6 Å². The summed E-state index contributed by atoms with van der Waals surface area (Å²) in [7, 11) is 1.61. The molecule has 6 nitrogen and oxygen atoms in total. The van der Waals surface area contributed by atoms with Gasteiger partial charge in [-0.15, -0.1) is 0 Å².